The minimum Gasteiger partial charge on any atom is -0.346 e. The summed E-state index contributed by atoms with van der Waals surface area (Å²) in [6.45, 7) is 5.45. The Bertz CT molecular complexity index is 638. The van der Waals surface area contributed by atoms with E-state index in [2.05, 4.69) is 10.4 Å². The highest BCUT2D eigenvalue weighted by Gasteiger charge is 2.12. The first-order chi connectivity index (χ1) is 10.0. The summed E-state index contributed by atoms with van der Waals surface area (Å²) >= 11 is 11.6. The van der Waals surface area contributed by atoms with E-state index >= 15 is 0 Å². The third-order valence-electron chi connectivity index (χ3n) is 3.23. The Balaban J connectivity index is 2.02. The largest absolute Gasteiger partial charge is 0.346 e. The maximum absolute atomic E-state index is 6.18. The molecule has 0 amide bonds. The van der Waals surface area contributed by atoms with E-state index in [-0.39, 0.29) is 0 Å². The molecule has 0 radical (unpaired) electrons. The number of para-hydroxylation sites is 1. The minimum absolute atomic E-state index is 0.573. The lowest BCUT2D eigenvalue weighted by Gasteiger charge is -2.21. The SMILES string of the molecule is CCn1cc(Cl)c(CN(C)C(=S)Nc2ccccc2C)n1. The molecule has 0 saturated carbocycles. The normalized spacial score (nSPS) is 10.5. The Hall–Kier alpha value is -1.59. The Morgan fingerprint density at radius 3 is 2.76 bits per heavy atom. The van der Waals surface area contributed by atoms with Crippen LogP contribution in [0.2, 0.25) is 5.02 Å². The first kappa shape index (κ1) is 15.8. The fourth-order valence-corrected chi connectivity index (χ4v) is 2.31. The van der Waals surface area contributed by atoms with Crippen LogP contribution in [0.5, 0.6) is 0 Å². The van der Waals surface area contributed by atoms with E-state index in [1.165, 1.54) is 0 Å². The molecule has 1 aromatic heterocycles. The minimum atomic E-state index is 0.573. The van der Waals surface area contributed by atoms with Gasteiger partial charge in [0.2, 0.25) is 0 Å². The van der Waals surface area contributed by atoms with E-state index in [0.717, 1.165) is 23.5 Å². The second-order valence-corrected chi connectivity index (χ2v) is 5.67. The molecule has 0 saturated heterocycles. The Morgan fingerprint density at radius 2 is 2.14 bits per heavy atom. The van der Waals surface area contributed by atoms with Crippen molar-refractivity contribution in [2.24, 2.45) is 0 Å². The van der Waals surface area contributed by atoms with Gasteiger partial charge in [-0.15, -0.1) is 0 Å². The first-order valence-corrected chi connectivity index (χ1v) is 7.59. The Kier molecular flexibility index (Phi) is 5.20. The smallest absolute Gasteiger partial charge is 0.173 e. The summed E-state index contributed by atoms with van der Waals surface area (Å²) in [5.41, 5.74) is 3.00. The molecular weight excluding hydrogens is 304 g/mol. The third-order valence-corrected chi connectivity index (χ3v) is 3.96. The van der Waals surface area contributed by atoms with E-state index in [4.69, 9.17) is 23.8 Å². The number of hydrogen-bond acceptors (Lipinski definition) is 2. The molecule has 4 nitrogen and oxygen atoms in total. The number of hydrogen-bond donors (Lipinski definition) is 1. The fraction of sp³-hybridized carbons (Fsp3) is 0.333. The van der Waals surface area contributed by atoms with Crippen molar-refractivity contribution in [3.8, 4) is 0 Å². The molecule has 0 spiro atoms. The molecule has 0 unspecified atom stereocenters. The van der Waals surface area contributed by atoms with Gasteiger partial charge in [-0.05, 0) is 37.7 Å². The topological polar surface area (TPSA) is 33.1 Å². The quantitative estimate of drug-likeness (QED) is 0.870. The van der Waals surface area contributed by atoms with Crippen LogP contribution in [0.4, 0.5) is 5.69 Å². The van der Waals surface area contributed by atoms with Gasteiger partial charge in [-0.2, -0.15) is 5.10 Å². The maximum atomic E-state index is 6.18. The average Bonchev–Trinajstić information content (AvgIpc) is 2.82. The predicted molar refractivity (Wildman–Crippen MR) is 91.8 cm³/mol. The number of aromatic nitrogens is 2. The van der Waals surface area contributed by atoms with Gasteiger partial charge < -0.3 is 10.2 Å². The molecule has 112 valence electrons. The van der Waals surface area contributed by atoms with Crippen molar-refractivity contribution >= 4 is 34.6 Å². The van der Waals surface area contributed by atoms with E-state index in [0.29, 0.717) is 16.7 Å². The fourth-order valence-electron chi connectivity index (χ4n) is 1.93. The van der Waals surface area contributed by atoms with Crippen LogP contribution in [0, 0.1) is 6.92 Å². The van der Waals surface area contributed by atoms with Gasteiger partial charge in [-0.1, -0.05) is 29.8 Å². The van der Waals surface area contributed by atoms with Crippen LogP contribution >= 0.6 is 23.8 Å². The van der Waals surface area contributed by atoms with Crippen molar-refractivity contribution in [1.82, 2.24) is 14.7 Å². The number of nitrogens with one attached hydrogen (secondary N) is 1. The number of nitrogens with zero attached hydrogens (tertiary/aromatic N) is 3. The molecule has 0 atom stereocenters. The van der Waals surface area contributed by atoms with Gasteiger partial charge in [0, 0.05) is 25.5 Å². The number of benzene rings is 1. The molecule has 0 bridgehead atoms. The monoisotopic (exact) mass is 322 g/mol. The van der Waals surface area contributed by atoms with E-state index in [9.17, 15) is 0 Å². The van der Waals surface area contributed by atoms with Crippen LogP contribution in [0.1, 0.15) is 18.2 Å². The van der Waals surface area contributed by atoms with Crippen LogP contribution in [-0.4, -0.2) is 26.8 Å². The van der Waals surface area contributed by atoms with Crippen LogP contribution < -0.4 is 5.32 Å². The third kappa shape index (κ3) is 3.95. The van der Waals surface area contributed by atoms with Crippen LogP contribution in [0.15, 0.2) is 30.5 Å². The second kappa shape index (κ2) is 6.91. The average molecular weight is 323 g/mol. The molecule has 0 aliphatic carbocycles. The molecule has 1 N–H and O–H groups in total. The molecule has 1 heterocycles. The standard InChI is InChI=1S/C15H19ClN4S/c1-4-20-9-12(16)14(18-20)10-19(3)15(21)17-13-8-6-5-7-11(13)2/h5-9H,4,10H2,1-3H3,(H,17,21). The first-order valence-electron chi connectivity index (χ1n) is 6.80. The molecule has 0 aliphatic heterocycles. The van der Waals surface area contributed by atoms with Crippen molar-refractivity contribution in [2.45, 2.75) is 26.9 Å². The Labute approximate surface area is 135 Å². The van der Waals surface area contributed by atoms with Crippen LogP contribution in [-0.2, 0) is 13.1 Å². The molecule has 6 heteroatoms. The highest BCUT2D eigenvalue weighted by molar-refractivity contribution is 7.80. The lowest BCUT2D eigenvalue weighted by Crippen LogP contribution is -2.31. The summed E-state index contributed by atoms with van der Waals surface area (Å²) in [5, 5.41) is 8.99. The van der Waals surface area contributed by atoms with Gasteiger partial charge in [0.25, 0.3) is 0 Å². The highest BCUT2D eigenvalue weighted by Crippen LogP contribution is 2.17. The molecule has 1 aromatic carbocycles. The van der Waals surface area contributed by atoms with Crippen molar-refractivity contribution in [1.29, 1.82) is 0 Å². The Morgan fingerprint density at radius 1 is 1.43 bits per heavy atom. The summed E-state index contributed by atoms with van der Waals surface area (Å²) in [4.78, 5) is 1.93. The van der Waals surface area contributed by atoms with Gasteiger partial charge in [-0.3, -0.25) is 4.68 Å². The van der Waals surface area contributed by atoms with Gasteiger partial charge in [-0.25, -0.2) is 0 Å². The molecule has 0 aliphatic rings. The molecule has 0 fully saturated rings. The molecule has 2 rings (SSSR count). The number of anilines is 1. The van der Waals surface area contributed by atoms with E-state index in [1.54, 1.807) is 0 Å². The molecular formula is C15H19ClN4S. The molecule has 21 heavy (non-hydrogen) atoms. The summed E-state index contributed by atoms with van der Waals surface area (Å²) in [7, 11) is 1.93. The summed E-state index contributed by atoms with van der Waals surface area (Å²) in [6.07, 6.45) is 1.84. The number of thiocarbonyl (C=S) groups is 1. The van der Waals surface area contributed by atoms with Gasteiger partial charge >= 0.3 is 0 Å². The zero-order valence-corrected chi connectivity index (χ0v) is 14.0. The lowest BCUT2D eigenvalue weighted by atomic mass is 10.2. The predicted octanol–water partition coefficient (Wildman–Crippen LogP) is 3.69. The zero-order chi connectivity index (χ0) is 15.4. The van der Waals surface area contributed by atoms with Crippen molar-refractivity contribution in [3.63, 3.8) is 0 Å². The van der Waals surface area contributed by atoms with Crippen molar-refractivity contribution in [3.05, 3.63) is 46.7 Å². The molecule has 2 aromatic rings. The van der Waals surface area contributed by atoms with Gasteiger partial charge in [0.05, 0.1) is 11.6 Å². The van der Waals surface area contributed by atoms with Crippen molar-refractivity contribution < 1.29 is 0 Å². The highest BCUT2D eigenvalue weighted by atomic mass is 35.5. The zero-order valence-electron chi connectivity index (χ0n) is 12.4. The summed E-state index contributed by atoms with van der Waals surface area (Å²) < 4.78 is 1.82. The van der Waals surface area contributed by atoms with E-state index < -0.39 is 0 Å². The maximum Gasteiger partial charge on any atom is 0.173 e. The number of halogens is 1. The summed E-state index contributed by atoms with van der Waals surface area (Å²) in [6, 6.07) is 8.04. The summed E-state index contributed by atoms with van der Waals surface area (Å²) in [5.74, 6) is 0. The van der Waals surface area contributed by atoms with Crippen LogP contribution in [0.3, 0.4) is 0 Å². The van der Waals surface area contributed by atoms with Crippen molar-refractivity contribution in [2.75, 3.05) is 12.4 Å². The number of aryl methyl sites for hydroxylation is 2. The lowest BCUT2D eigenvalue weighted by molar-refractivity contribution is 0.492. The van der Waals surface area contributed by atoms with Crippen LogP contribution in [0.25, 0.3) is 0 Å². The van der Waals surface area contributed by atoms with Gasteiger partial charge in [0.15, 0.2) is 5.11 Å². The number of rotatable bonds is 4. The van der Waals surface area contributed by atoms with Gasteiger partial charge in [0.1, 0.15) is 5.69 Å². The van der Waals surface area contributed by atoms with E-state index in [1.807, 2.05) is 60.9 Å². The second-order valence-electron chi connectivity index (χ2n) is 4.88.